The molecule has 0 saturated carbocycles. The maximum absolute atomic E-state index is 11.2. The molecule has 0 bridgehead atoms. The summed E-state index contributed by atoms with van der Waals surface area (Å²) in [5.74, 6) is -3.27. The van der Waals surface area contributed by atoms with Gasteiger partial charge in [-0.2, -0.15) is 0 Å². The van der Waals surface area contributed by atoms with Gasteiger partial charge in [-0.1, -0.05) is 6.92 Å². The Morgan fingerprint density at radius 3 is 2.40 bits per heavy atom. The molecule has 0 aliphatic carbocycles. The van der Waals surface area contributed by atoms with Crippen LogP contribution in [0, 0.1) is 5.92 Å². The van der Waals surface area contributed by atoms with Crippen molar-refractivity contribution in [3.63, 3.8) is 0 Å². The second-order valence-electron chi connectivity index (χ2n) is 2.92. The molecule has 0 saturated heterocycles. The average Bonchev–Trinajstić information content (AvgIpc) is 2.13. The fourth-order valence-electron chi connectivity index (χ4n) is 0.829. The summed E-state index contributed by atoms with van der Waals surface area (Å²) in [6.07, 6.45) is 0. The van der Waals surface area contributed by atoms with Crippen molar-refractivity contribution in [3.8, 4) is 0 Å². The van der Waals surface area contributed by atoms with E-state index >= 15 is 0 Å². The summed E-state index contributed by atoms with van der Waals surface area (Å²) in [6.45, 7) is 0.683. The average molecular weight is 239 g/mol. The summed E-state index contributed by atoms with van der Waals surface area (Å²) in [6, 6.07) is 0. The number of esters is 1. The van der Waals surface area contributed by atoms with Gasteiger partial charge in [-0.25, -0.2) is 13.1 Å². The number of ether oxygens (including phenoxy) is 1. The number of rotatable bonds is 6. The minimum absolute atomic E-state index is 0.493. The van der Waals surface area contributed by atoms with Crippen LogP contribution in [0.4, 0.5) is 0 Å². The van der Waals surface area contributed by atoms with Crippen LogP contribution in [-0.2, 0) is 24.3 Å². The third-order valence-electron chi connectivity index (χ3n) is 1.52. The summed E-state index contributed by atoms with van der Waals surface area (Å²) in [5, 5.41) is 8.25. The van der Waals surface area contributed by atoms with Crippen molar-refractivity contribution >= 4 is 22.0 Å². The number of carbonyl (C=O) groups excluding carboxylic acids is 1. The van der Waals surface area contributed by atoms with Crippen LogP contribution in [-0.4, -0.2) is 44.9 Å². The zero-order valence-corrected chi connectivity index (χ0v) is 9.20. The molecule has 0 aromatic rings. The number of carboxylic acid groups (broad SMARTS) is 1. The molecule has 15 heavy (non-hydrogen) atoms. The third-order valence-corrected chi connectivity index (χ3v) is 3.04. The van der Waals surface area contributed by atoms with E-state index in [2.05, 4.69) is 4.74 Å². The lowest BCUT2D eigenvalue weighted by atomic mass is 10.2. The van der Waals surface area contributed by atoms with Crippen LogP contribution in [0.1, 0.15) is 6.92 Å². The van der Waals surface area contributed by atoms with Crippen molar-refractivity contribution in [2.45, 2.75) is 6.92 Å². The van der Waals surface area contributed by atoms with Crippen LogP contribution < -0.4 is 4.72 Å². The molecule has 0 aromatic heterocycles. The lowest BCUT2D eigenvalue weighted by Crippen LogP contribution is -2.35. The molecule has 88 valence electrons. The molecule has 1 unspecified atom stereocenters. The second kappa shape index (κ2) is 5.66. The Bertz CT molecular complexity index is 335. The Labute approximate surface area is 87.5 Å². The first-order valence-electron chi connectivity index (χ1n) is 4.05. The van der Waals surface area contributed by atoms with Gasteiger partial charge < -0.3 is 9.84 Å². The van der Waals surface area contributed by atoms with E-state index in [9.17, 15) is 18.0 Å². The monoisotopic (exact) mass is 239 g/mol. The molecule has 8 heteroatoms. The Hall–Kier alpha value is -1.15. The molecule has 1 atom stereocenters. The molecule has 0 spiro atoms. The minimum Gasteiger partial charge on any atom is -0.480 e. The number of hydrogen-bond donors (Lipinski definition) is 2. The SMILES string of the molecule is COC(=O)C(C)CS(=O)(=O)NCC(=O)O. The van der Waals surface area contributed by atoms with Crippen LogP contribution in [0.2, 0.25) is 0 Å². The number of carboxylic acids is 1. The quantitative estimate of drug-likeness (QED) is 0.563. The van der Waals surface area contributed by atoms with Crippen molar-refractivity contribution in [3.05, 3.63) is 0 Å². The first-order valence-corrected chi connectivity index (χ1v) is 5.70. The normalized spacial score (nSPS) is 13.2. The van der Waals surface area contributed by atoms with Crippen molar-refractivity contribution < 1.29 is 27.9 Å². The van der Waals surface area contributed by atoms with E-state index in [1.54, 1.807) is 0 Å². The van der Waals surface area contributed by atoms with Gasteiger partial charge in [-0.3, -0.25) is 9.59 Å². The maximum Gasteiger partial charge on any atom is 0.318 e. The number of carbonyl (C=O) groups is 2. The molecule has 0 radical (unpaired) electrons. The zero-order chi connectivity index (χ0) is 12.1. The lowest BCUT2D eigenvalue weighted by molar-refractivity contribution is -0.144. The Balaban J connectivity index is 4.26. The van der Waals surface area contributed by atoms with Gasteiger partial charge in [0, 0.05) is 0 Å². The van der Waals surface area contributed by atoms with E-state index in [0.717, 1.165) is 7.11 Å². The Morgan fingerprint density at radius 2 is 2.00 bits per heavy atom. The lowest BCUT2D eigenvalue weighted by Gasteiger charge is -2.09. The van der Waals surface area contributed by atoms with Gasteiger partial charge in [-0.15, -0.1) is 0 Å². The summed E-state index contributed by atoms with van der Waals surface area (Å²) >= 11 is 0. The molecule has 2 N–H and O–H groups in total. The molecule has 0 aliphatic heterocycles. The van der Waals surface area contributed by atoms with Gasteiger partial charge in [0.1, 0.15) is 6.54 Å². The molecule has 0 aliphatic rings. The van der Waals surface area contributed by atoms with E-state index in [1.807, 2.05) is 4.72 Å². The van der Waals surface area contributed by atoms with E-state index in [0.29, 0.717) is 0 Å². The Morgan fingerprint density at radius 1 is 1.47 bits per heavy atom. The number of sulfonamides is 1. The van der Waals surface area contributed by atoms with Gasteiger partial charge >= 0.3 is 11.9 Å². The fraction of sp³-hybridized carbons (Fsp3) is 0.714. The Kier molecular flexibility index (Phi) is 5.23. The van der Waals surface area contributed by atoms with E-state index < -0.39 is 40.2 Å². The van der Waals surface area contributed by atoms with Gasteiger partial charge in [0.25, 0.3) is 0 Å². The zero-order valence-electron chi connectivity index (χ0n) is 8.39. The highest BCUT2D eigenvalue weighted by Crippen LogP contribution is 2.01. The van der Waals surface area contributed by atoms with E-state index in [-0.39, 0.29) is 0 Å². The van der Waals surface area contributed by atoms with Gasteiger partial charge in [-0.05, 0) is 0 Å². The summed E-state index contributed by atoms with van der Waals surface area (Å²) < 4.78 is 28.5. The first kappa shape index (κ1) is 13.8. The van der Waals surface area contributed by atoms with Crippen LogP contribution in [0.5, 0.6) is 0 Å². The number of nitrogens with one attached hydrogen (secondary N) is 1. The summed E-state index contributed by atoms with van der Waals surface area (Å²) in [5.41, 5.74) is 0. The largest absolute Gasteiger partial charge is 0.480 e. The molecule has 0 amide bonds. The van der Waals surface area contributed by atoms with Crippen molar-refractivity contribution in [1.82, 2.24) is 4.72 Å². The molecule has 0 rings (SSSR count). The number of aliphatic carboxylic acids is 1. The smallest absolute Gasteiger partial charge is 0.318 e. The highest BCUT2D eigenvalue weighted by Gasteiger charge is 2.22. The molecule has 0 fully saturated rings. The second-order valence-corrected chi connectivity index (χ2v) is 4.77. The minimum atomic E-state index is -3.76. The predicted octanol–water partition coefficient (Wildman–Crippen LogP) is -1.20. The topological polar surface area (TPSA) is 110 Å². The van der Waals surface area contributed by atoms with E-state index in [1.165, 1.54) is 6.92 Å². The molecule has 0 heterocycles. The molecular weight excluding hydrogens is 226 g/mol. The van der Waals surface area contributed by atoms with E-state index in [4.69, 9.17) is 5.11 Å². The summed E-state index contributed by atoms with van der Waals surface area (Å²) in [4.78, 5) is 21.0. The van der Waals surface area contributed by atoms with Crippen molar-refractivity contribution in [2.24, 2.45) is 5.92 Å². The first-order chi connectivity index (χ1) is 6.78. The third kappa shape index (κ3) is 6.02. The molecular formula is C7H13NO6S. The van der Waals surface area contributed by atoms with Gasteiger partial charge in [0.2, 0.25) is 10.0 Å². The summed E-state index contributed by atoms with van der Waals surface area (Å²) in [7, 11) is -2.61. The maximum atomic E-state index is 11.2. The van der Waals surface area contributed by atoms with Gasteiger partial charge in [0.15, 0.2) is 0 Å². The standard InChI is InChI=1S/C7H13NO6S/c1-5(7(11)14-2)4-15(12,13)8-3-6(9)10/h5,8H,3-4H2,1-2H3,(H,9,10). The molecule has 0 aromatic carbocycles. The van der Waals surface area contributed by atoms with Crippen LogP contribution in [0.3, 0.4) is 0 Å². The number of hydrogen-bond acceptors (Lipinski definition) is 5. The predicted molar refractivity (Wildman–Crippen MR) is 50.6 cm³/mol. The number of methoxy groups -OCH3 is 1. The van der Waals surface area contributed by atoms with Crippen molar-refractivity contribution in [2.75, 3.05) is 19.4 Å². The van der Waals surface area contributed by atoms with Gasteiger partial charge in [0.05, 0.1) is 18.8 Å². The highest BCUT2D eigenvalue weighted by molar-refractivity contribution is 7.89. The fourth-order valence-corrected chi connectivity index (χ4v) is 2.08. The highest BCUT2D eigenvalue weighted by atomic mass is 32.2. The van der Waals surface area contributed by atoms with Crippen LogP contribution in [0.25, 0.3) is 0 Å². The van der Waals surface area contributed by atoms with Crippen LogP contribution in [0.15, 0.2) is 0 Å². The van der Waals surface area contributed by atoms with Crippen molar-refractivity contribution in [1.29, 1.82) is 0 Å². The van der Waals surface area contributed by atoms with Crippen LogP contribution >= 0.6 is 0 Å². The molecule has 7 nitrogen and oxygen atoms in total.